The Morgan fingerprint density at radius 1 is 0.570 bits per heavy atom. The quantitative estimate of drug-likeness (QED) is 0.0534. The number of rotatable bonds is 21. The van der Waals surface area contributed by atoms with Crippen molar-refractivity contribution >= 4 is 53.5 Å². The van der Waals surface area contributed by atoms with Crippen molar-refractivity contribution in [2.24, 2.45) is 23.7 Å². The van der Waals surface area contributed by atoms with E-state index in [1.165, 1.54) is 47.1 Å². The first kappa shape index (κ1) is 63.8. The van der Waals surface area contributed by atoms with Crippen molar-refractivity contribution in [2.75, 3.05) is 75.6 Å². The molecule has 432 valence electrons. The van der Waals surface area contributed by atoms with Gasteiger partial charge in [-0.2, -0.15) is 8.42 Å². The molecule has 0 aliphatic carbocycles. The Morgan fingerprint density at radius 2 is 0.975 bits per heavy atom. The predicted molar refractivity (Wildman–Crippen MR) is 305 cm³/mol. The Kier molecular flexibility index (Phi) is 24.2. The van der Waals surface area contributed by atoms with Crippen molar-refractivity contribution in [3.05, 3.63) is 137 Å². The van der Waals surface area contributed by atoms with E-state index in [-0.39, 0.29) is 62.5 Å². The van der Waals surface area contributed by atoms with Crippen LogP contribution >= 0.6 is 0 Å². The van der Waals surface area contributed by atoms with Gasteiger partial charge < -0.3 is 28.8 Å². The van der Waals surface area contributed by atoms with Gasteiger partial charge in [0.1, 0.15) is 22.6 Å². The molecule has 0 spiro atoms. The highest BCUT2D eigenvalue weighted by molar-refractivity contribution is 7.93. The molecule has 0 unspecified atom stereocenters. The van der Waals surface area contributed by atoms with E-state index in [4.69, 9.17) is 23.1 Å². The van der Waals surface area contributed by atoms with Crippen molar-refractivity contribution in [1.82, 2.24) is 0 Å². The fourth-order valence-electron chi connectivity index (χ4n) is 8.40. The minimum Gasteiger partial charge on any atom is -0.507 e. The van der Waals surface area contributed by atoms with Crippen LogP contribution in [0.15, 0.2) is 124 Å². The number of phenols is 1. The van der Waals surface area contributed by atoms with Crippen LogP contribution in [0.1, 0.15) is 105 Å². The smallest absolute Gasteiger partial charge is 0.341 e. The fraction of sp³-hybridized carbons (Fsp3) is 0.458. The minimum absolute atomic E-state index is 0.0199. The van der Waals surface area contributed by atoms with Gasteiger partial charge in [0.2, 0.25) is 0 Å². The molecule has 2 fully saturated rings. The zero-order valence-corrected chi connectivity index (χ0v) is 49.3. The average Bonchev–Trinajstić information content (AvgIpc) is 3.49. The van der Waals surface area contributed by atoms with E-state index in [1.54, 1.807) is 42.5 Å². The SMILES string of the molecule is CCc1ccc(N(CC(C)C)S(=O)(=O)c2ccc(O)c(C(=O)OC)c2)cc1.CCc1ccc(N(CC(C)C)S(=O)(=O)c2ccc(OCC3CCOCC3)c(C(=O)OC)c2)cc1.Cc1ccc(S(=O)(=O)OCC2CCOCC2)cc1. The number of ether oxygens (including phenoxy) is 5. The first-order valence-corrected chi connectivity index (χ1v) is 30.9. The molecule has 0 atom stereocenters. The van der Waals surface area contributed by atoms with Crippen LogP contribution in [0.5, 0.6) is 11.5 Å². The normalized spacial score (nSPS) is 14.3. The van der Waals surface area contributed by atoms with Crippen LogP contribution in [0.4, 0.5) is 11.4 Å². The number of benzene rings is 5. The van der Waals surface area contributed by atoms with E-state index < -0.39 is 42.1 Å². The Bertz CT molecular complexity index is 3080. The molecular weight excluding hydrogens is 1070 g/mol. The van der Waals surface area contributed by atoms with E-state index >= 15 is 0 Å². The van der Waals surface area contributed by atoms with Gasteiger partial charge >= 0.3 is 11.9 Å². The fourth-order valence-corrected chi connectivity index (χ4v) is 12.7. The second-order valence-corrected chi connectivity index (χ2v) is 25.5. The van der Waals surface area contributed by atoms with Gasteiger partial charge in [0.25, 0.3) is 30.2 Å². The number of sulfonamides is 2. The Balaban J connectivity index is 0.000000228. The molecule has 2 heterocycles. The first-order valence-electron chi connectivity index (χ1n) is 26.7. The summed E-state index contributed by atoms with van der Waals surface area (Å²) >= 11 is 0. The lowest BCUT2D eigenvalue weighted by Crippen LogP contribution is -2.34. The molecule has 1 N–H and O–H groups in total. The van der Waals surface area contributed by atoms with Crippen molar-refractivity contribution < 1.29 is 67.8 Å². The topological polar surface area (TPSA) is 219 Å². The lowest BCUT2D eigenvalue weighted by Gasteiger charge is -2.27. The number of phenolic OH excluding ortho intramolecular Hbond substituents is 1. The minimum atomic E-state index is -3.94. The van der Waals surface area contributed by atoms with E-state index in [0.717, 1.165) is 61.3 Å². The molecule has 2 aliphatic heterocycles. The van der Waals surface area contributed by atoms with Crippen LogP contribution in [0.25, 0.3) is 0 Å². The maximum Gasteiger partial charge on any atom is 0.341 e. The number of anilines is 2. The van der Waals surface area contributed by atoms with Gasteiger partial charge in [0.15, 0.2) is 0 Å². The summed E-state index contributed by atoms with van der Waals surface area (Å²) < 4.78 is 112. The molecule has 2 saturated heterocycles. The van der Waals surface area contributed by atoms with Crippen molar-refractivity contribution in [3.63, 3.8) is 0 Å². The number of carbonyl (C=O) groups is 2. The molecular formula is C59H78N2O15S3. The summed E-state index contributed by atoms with van der Waals surface area (Å²) in [6.07, 6.45) is 5.24. The van der Waals surface area contributed by atoms with Crippen LogP contribution in [-0.2, 0) is 66.1 Å². The summed E-state index contributed by atoms with van der Waals surface area (Å²) in [5.74, 6) is -0.655. The van der Waals surface area contributed by atoms with Crippen molar-refractivity contribution in [3.8, 4) is 11.5 Å². The number of aromatic hydroxyl groups is 1. The van der Waals surface area contributed by atoms with Crippen molar-refractivity contribution in [1.29, 1.82) is 0 Å². The highest BCUT2D eigenvalue weighted by atomic mass is 32.2. The number of hydrogen-bond acceptors (Lipinski definition) is 15. The highest BCUT2D eigenvalue weighted by Gasteiger charge is 2.30. The molecule has 0 saturated carbocycles. The molecule has 7 rings (SSSR count). The zero-order valence-electron chi connectivity index (χ0n) is 46.9. The average molecular weight is 1150 g/mol. The lowest BCUT2D eigenvalue weighted by atomic mass is 10.0. The molecule has 79 heavy (non-hydrogen) atoms. The summed E-state index contributed by atoms with van der Waals surface area (Å²) in [6.45, 7) is 17.8. The number of esters is 2. The number of hydrogen-bond donors (Lipinski definition) is 1. The first-order chi connectivity index (χ1) is 37.5. The summed E-state index contributed by atoms with van der Waals surface area (Å²) in [5.41, 5.74) is 4.31. The number of nitrogens with zero attached hydrogens (tertiary/aromatic N) is 2. The standard InChI is InChI=1S/C26H35NO6S.C20H25NO5S.C13H18O4S/c1-5-20-6-8-22(9-7-20)27(17-19(2)3)34(29,30)23-10-11-25(24(16-23)26(28)31-4)33-18-21-12-14-32-15-13-21;1-5-15-6-8-16(9-7-15)21(13-14(2)3)27(24,25)17-10-11-19(22)18(12-17)20(23)26-4;1-11-2-4-13(5-3-11)18(14,15)17-10-12-6-8-16-9-7-12/h6-11,16,19,21H,5,12-15,17-18H2,1-4H3;6-12,14,22H,5,13H2,1-4H3;2-5,12H,6-10H2,1H3. The zero-order chi connectivity index (χ0) is 57.9. The Morgan fingerprint density at radius 3 is 1.41 bits per heavy atom. The van der Waals surface area contributed by atoms with E-state index in [9.17, 15) is 39.9 Å². The Hall–Kier alpha value is -6.03. The summed E-state index contributed by atoms with van der Waals surface area (Å²) in [7, 11) is -9.04. The predicted octanol–water partition coefficient (Wildman–Crippen LogP) is 10.4. The molecule has 0 bridgehead atoms. The molecule has 5 aromatic rings. The maximum atomic E-state index is 13.7. The van der Waals surface area contributed by atoms with E-state index in [1.807, 2.05) is 77.9 Å². The largest absolute Gasteiger partial charge is 0.507 e. The van der Waals surface area contributed by atoms with Crippen LogP contribution in [0.3, 0.4) is 0 Å². The Labute approximate surface area is 468 Å². The number of carbonyl (C=O) groups excluding carboxylic acids is 2. The number of methoxy groups -OCH3 is 2. The van der Waals surface area contributed by atoms with Gasteiger partial charge in [0, 0.05) is 39.5 Å². The van der Waals surface area contributed by atoms with Crippen LogP contribution in [-0.4, -0.2) is 109 Å². The van der Waals surface area contributed by atoms with E-state index in [2.05, 4.69) is 11.7 Å². The molecule has 20 heteroatoms. The third-order valence-electron chi connectivity index (χ3n) is 13.2. The summed E-state index contributed by atoms with van der Waals surface area (Å²) in [4.78, 5) is 24.5. The lowest BCUT2D eigenvalue weighted by molar-refractivity contribution is 0.0483. The molecule has 0 aromatic heterocycles. The summed E-state index contributed by atoms with van der Waals surface area (Å²) in [5, 5.41) is 9.85. The highest BCUT2D eigenvalue weighted by Crippen LogP contribution is 2.32. The monoisotopic (exact) mass is 1150 g/mol. The second kappa shape index (κ2) is 30.0. The van der Waals surface area contributed by atoms with Gasteiger partial charge in [-0.25, -0.2) is 26.4 Å². The van der Waals surface area contributed by atoms with Gasteiger partial charge in [-0.1, -0.05) is 83.5 Å². The van der Waals surface area contributed by atoms with Crippen LogP contribution < -0.4 is 13.3 Å². The van der Waals surface area contributed by atoms with E-state index in [0.29, 0.717) is 62.6 Å². The third kappa shape index (κ3) is 18.2. The summed E-state index contributed by atoms with van der Waals surface area (Å²) in [6, 6.07) is 29.6. The third-order valence-corrected chi connectivity index (χ3v) is 18.0. The van der Waals surface area contributed by atoms with Gasteiger partial charge in [-0.3, -0.25) is 12.8 Å². The van der Waals surface area contributed by atoms with Gasteiger partial charge in [-0.05, 0) is 153 Å². The van der Waals surface area contributed by atoms with Crippen LogP contribution in [0, 0.1) is 30.6 Å². The van der Waals surface area contributed by atoms with Gasteiger partial charge in [-0.15, -0.1) is 0 Å². The maximum absolute atomic E-state index is 13.7. The molecule has 17 nitrogen and oxygen atoms in total. The molecule has 5 aromatic carbocycles. The molecule has 2 aliphatic rings. The number of aryl methyl sites for hydroxylation is 3. The second-order valence-electron chi connectivity index (χ2n) is 20.2. The van der Waals surface area contributed by atoms with Gasteiger partial charge in [0.05, 0.1) is 53.5 Å². The van der Waals surface area contributed by atoms with Crippen LogP contribution in [0.2, 0.25) is 0 Å². The molecule has 0 radical (unpaired) electrons. The molecule has 0 amide bonds. The van der Waals surface area contributed by atoms with Crippen molar-refractivity contribution in [2.45, 2.75) is 102 Å².